The van der Waals surface area contributed by atoms with Crippen molar-refractivity contribution in [1.29, 1.82) is 0 Å². The van der Waals surface area contributed by atoms with Crippen molar-refractivity contribution in [2.75, 3.05) is 0 Å². The predicted molar refractivity (Wildman–Crippen MR) is 43.1 cm³/mol. The maximum Gasteiger partial charge on any atom is 0.331 e. The molecule has 0 aromatic rings. The number of esters is 1. The number of carbonyl (C=O) groups is 1. The molecule has 0 amide bonds. The second-order valence-corrected chi connectivity index (χ2v) is 3.67. The van der Waals surface area contributed by atoms with Gasteiger partial charge in [-0.2, -0.15) is 0 Å². The second-order valence-electron chi connectivity index (χ2n) is 3.67. The van der Waals surface area contributed by atoms with Gasteiger partial charge >= 0.3 is 5.97 Å². The molecule has 1 unspecified atom stereocenters. The lowest BCUT2D eigenvalue weighted by molar-refractivity contribution is -0.145. The number of rotatable bonds is 2. The van der Waals surface area contributed by atoms with Crippen molar-refractivity contribution in [2.45, 2.75) is 32.8 Å². The summed E-state index contributed by atoms with van der Waals surface area (Å²) in [5.41, 5.74) is -0.342. The van der Waals surface area contributed by atoms with Crippen LogP contribution in [0.25, 0.3) is 0 Å². The molecule has 11 heavy (non-hydrogen) atoms. The summed E-state index contributed by atoms with van der Waals surface area (Å²) in [7, 11) is 0. The number of ether oxygens (including phenoxy) is 1. The van der Waals surface area contributed by atoms with E-state index in [9.17, 15) is 4.79 Å². The molecule has 2 heteroatoms. The molecule has 0 aromatic carbocycles. The average molecular weight is 154 g/mol. The summed E-state index contributed by atoms with van der Waals surface area (Å²) in [5.74, 6) is 0.337. The van der Waals surface area contributed by atoms with Gasteiger partial charge in [0.15, 0.2) is 0 Å². The number of carbonyl (C=O) groups excluding carboxylic acids is 1. The van der Waals surface area contributed by atoms with Gasteiger partial charge in [-0.05, 0) is 25.3 Å². The molecule has 2 nitrogen and oxygen atoms in total. The highest BCUT2D eigenvalue weighted by Crippen LogP contribution is 2.26. The third-order valence-corrected chi connectivity index (χ3v) is 1.72. The van der Waals surface area contributed by atoms with E-state index in [0.29, 0.717) is 5.92 Å². The third kappa shape index (κ3) is 2.07. The predicted octanol–water partition coefficient (Wildman–Crippen LogP) is 1.90. The Morgan fingerprint density at radius 2 is 2.27 bits per heavy atom. The van der Waals surface area contributed by atoms with Gasteiger partial charge in [0.2, 0.25) is 0 Å². The zero-order chi connectivity index (χ0) is 8.48. The van der Waals surface area contributed by atoms with Gasteiger partial charge < -0.3 is 4.74 Å². The van der Waals surface area contributed by atoms with Crippen molar-refractivity contribution in [3.05, 3.63) is 12.2 Å². The summed E-state index contributed by atoms with van der Waals surface area (Å²) < 4.78 is 5.11. The van der Waals surface area contributed by atoms with Gasteiger partial charge in [-0.3, -0.25) is 0 Å². The largest absolute Gasteiger partial charge is 0.452 e. The van der Waals surface area contributed by atoms with Gasteiger partial charge in [0.1, 0.15) is 5.60 Å². The molecule has 0 saturated carbocycles. The van der Waals surface area contributed by atoms with E-state index in [1.165, 1.54) is 6.08 Å². The van der Waals surface area contributed by atoms with Crippen LogP contribution in [-0.2, 0) is 9.53 Å². The second kappa shape index (κ2) is 2.68. The molecule has 1 aliphatic heterocycles. The van der Waals surface area contributed by atoms with E-state index in [-0.39, 0.29) is 11.6 Å². The minimum absolute atomic E-state index is 0.215. The van der Waals surface area contributed by atoms with Gasteiger partial charge in [-0.1, -0.05) is 13.8 Å². The molecular weight excluding hydrogens is 140 g/mol. The topological polar surface area (TPSA) is 26.3 Å². The quantitative estimate of drug-likeness (QED) is 0.568. The third-order valence-electron chi connectivity index (χ3n) is 1.72. The Morgan fingerprint density at radius 1 is 1.64 bits per heavy atom. The van der Waals surface area contributed by atoms with Crippen LogP contribution in [0.1, 0.15) is 27.2 Å². The van der Waals surface area contributed by atoms with E-state index >= 15 is 0 Å². The normalized spacial score (nSPS) is 29.6. The first-order valence-corrected chi connectivity index (χ1v) is 3.94. The standard InChI is InChI=1S/C9H14O2/c1-7(2)6-9(3)5-4-8(10)11-9/h4-5,7H,6H2,1-3H3. The molecule has 0 N–H and O–H groups in total. The lowest BCUT2D eigenvalue weighted by Gasteiger charge is -2.23. The summed E-state index contributed by atoms with van der Waals surface area (Å²) >= 11 is 0. The summed E-state index contributed by atoms with van der Waals surface area (Å²) in [4.78, 5) is 10.7. The highest BCUT2D eigenvalue weighted by molar-refractivity contribution is 5.85. The van der Waals surface area contributed by atoms with Gasteiger partial charge in [0, 0.05) is 6.08 Å². The number of hydrogen-bond donors (Lipinski definition) is 0. The number of hydrogen-bond acceptors (Lipinski definition) is 2. The van der Waals surface area contributed by atoms with E-state index in [1.807, 2.05) is 13.0 Å². The van der Waals surface area contributed by atoms with Crippen LogP contribution in [0.2, 0.25) is 0 Å². The molecule has 62 valence electrons. The molecular formula is C9H14O2. The maximum absolute atomic E-state index is 10.7. The minimum atomic E-state index is -0.342. The monoisotopic (exact) mass is 154 g/mol. The van der Waals surface area contributed by atoms with Crippen LogP contribution in [0.3, 0.4) is 0 Å². The van der Waals surface area contributed by atoms with Crippen molar-refractivity contribution in [3.8, 4) is 0 Å². The lowest BCUT2D eigenvalue weighted by atomic mass is 9.95. The van der Waals surface area contributed by atoms with Crippen LogP contribution in [0.4, 0.5) is 0 Å². The molecule has 1 atom stereocenters. The van der Waals surface area contributed by atoms with Crippen molar-refractivity contribution >= 4 is 5.97 Å². The summed E-state index contributed by atoms with van der Waals surface area (Å²) in [6.07, 6.45) is 4.24. The van der Waals surface area contributed by atoms with Gasteiger partial charge in [-0.25, -0.2) is 4.79 Å². The highest BCUT2D eigenvalue weighted by Gasteiger charge is 2.30. The molecule has 0 aliphatic carbocycles. The molecule has 0 saturated heterocycles. The molecule has 0 fully saturated rings. The van der Waals surface area contributed by atoms with Crippen LogP contribution in [-0.4, -0.2) is 11.6 Å². The molecule has 0 radical (unpaired) electrons. The van der Waals surface area contributed by atoms with E-state index in [4.69, 9.17) is 4.74 Å². The summed E-state index contributed by atoms with van der Waals surface area (Å²) in [6, 6.07) is 0. The van der Waals surface area contributed by atoms with Crippen LogP contribution in [0, 0.1) is 5.92 Å². The Balaban J connectivity index is 2.56. The minimum Gasteiger partial charge on any atom is -0.452 e. The lowest BCUT2D eigenvalue weighted by Crippen LogP contribution is -2.25. The fourth-order valence-electron chi connectivity index (χ4n) is 1.46. The van der Waals surface area contributed by atoms with Crippen LogP contribution >= 0.6 is 0 Å². The zero-order valence-electron chi connectivity index (χ0n) is 7.26. The van der Waals surface area contributed by atoms with E-state index in [1.54, 1.807) is 0 Å². The van der Waals surface area contributed by atoms with Crippen LogP contribution in [0.15, 0.2) is 12.2 Å². The molecule has 0 aromatic heterocycles. The van der Waals surface area contributed by atoms with Gasteiger partial charge in [0.05, 0.1) is 0 Å². The van der Waals surface area contributed by atoms with E-state index < -0.39 is 0 Å². The molecule has 0 spiro atoms. The highest BCUT2D eigenvalue weighted by atomic mass is 16.6. The fraction of sp³-hybridized carbons (Fsp3) is 0.667. The molecule has 1 aliphatic rings. The number of cyclic esters (lactones) is 1. The van der Waals surface area contributed by atoms with E-state index in [0.717, 1.165) is 6.42 Å². The summed E-state index contributed by atoms with van der Waals surface area (Å²) in [5, 5.41) is 0. The van der Waals surface area contributed by atoms with Crippen molar-refractivity contribution in [1.82, 2.24) is 0 Å². The fourth-order valence-corrected chi connectivity index (χ4v) is 1.46. The maximum atomic E-state index is 10.7. The Morgan fingerprint density at radius 3 is 2.64 bits per heavy atom. The zero-order valence-corrected chi connectivity index (χ0v) is 7.26. The summed E-state index contributed by atoms with van der Waals surface area (Å²) in [6.45, 7) is 6.17. The van der Waals surface area contributed by atoms with Crippen molar-refractivity contribution < 1.29 is 9.53 Å². The van der Waals surface area contributed by atoms with Crippen LogP contribution in [0.5, 0.6) is 0 Å². The molecule has 0 bridgehead atoms. The smallest absolute Gasteiger partial charge is 0.331 e. The SMILES string of the molecule is CC(C)CC1(C)C=CC(=O)O1. The van der Waals surface area contributed by atoms with Crippen LogP contribution < -0.4 is 0 Å². The Labute approximate surface area is 67.2 Å². The van der Waals surface area contributed by atoms with Crippen molar-refractivity contribution in [2.24, 2.45) is 5.92 Å². The van der Waals surface area contributed by atoms with Gasteiger partial charge in [0.25, 0.3) is 0 Å². The Hall–Kier alpha value is -0.790. The first-order valence-electron chi connectivity index (χ1n) is 3.94. The Kier molecular flexibility index (Phi) is 2.03. The average Bonchev–Trinajstić information content (AvgIpc) is 2.08. The first-order chi connectivity index (χ1) is 5.02. The first kappa shape index (κ1) is 8.31. The molecule has 1 rings (SSSR count). The van der Waals surface area contributed by atoms with E-state index in [2.05, 4.69) is 13.8 Å². The van der Waals surface area contributed by atoms with Crippen molar-refractivity contribution in [3.63, 3.8) is 0 Å². The Bertz CT molecular complexity index is 194. The van der Waals surface area contributed by atoms with Gasteiger partial charge in [-0.15, -0.1) is 0 Å². The molecule has 1 heterocycles.